The van der Waals surface area contributed by atoms with Gasteiger partial charge in [0.15, 0.2) is 0 Å². The zero-order valence-electron chi connectivity index (χ0n) is 14.0. The lowest BCUT2D eigenvalue weighted by Crippen LogP contribution is -2.35. The Morgan fingerprint density at radius 1 is 1.39 bits per heavy atom. The summed E-state index contributed by atoms with van der Waals surface area (Å²) < 4.78 is 0. The summed E-state index contributed by atoms with van der Waals surface area (Å²) in [7, 11) is 0. The maximum Gasteiger partial charge on any atom is 0.335 e. The number of unbranched alkanes of at least 4 members (excludes halogenated alkanes) is 1. The summed E-state index contributed by atoms with van der Waals surface area (Å²) in [6.07, 6.45) is 4.58. The van der Waals surface area contributed by atoms with E-state index in [0.29, 0.717) is 18.0 Å². The van der Waals surface area contributed by atoms with Crippen molar-refractivity contribution in [3.05, 3.63) is 23.8 Å². The van der Waals surface area contributed by atoms with Gasteiger partial charge in [0.1, 0.15) is 0 Å². The number of carboxylic acids is 1. The predicted octanol–water partition coefficient (Wildman–Crippen LogP) is 3.75. The van der Waals surface area contributed by atoms with E-state index in [9.17, 15) is 14.7 Å². The number of carbonyl (C=O) groups excluding carboxylic acids is 1. The van der Waals surface area contributed by atoms with Crippen LogP contribution in [0.3, 0.4) is 0 Å². The molecule has 1 aromatic carbocycles. The summed E-state index contributed by atoms with van der Waals surface area (Å²) in [5, 5.41) is 12.1. The number of hydrogen-bond acceptors (Lipinski definition) is 3. The minimum atomic E-state index is -0.979. The SMILES string of the molecule is CCCCC(=O)Nc1cc(C(=O)O)ccc1N1CCC[C@H](C)C1. The largest absolute Gasteiger partial charge is 0.478 e. The van der Waals surface area contributed by atoms with Crippen molar-refractivity contribution in [1.29, 1.82) is 0 Å². The molecule has 2 N–H and O–H groups in total. The number of rotatable bonds is 6. The van der Waals surface area contributed by atoms with E-state index in [-0.39, 0.29) is 11.5 Å². The molecule has 5 nitrogen and oxygen atoms in total. The Labute approximate surface area is 137 Å². The Balaban J connectivity index is 2.25. The molecule has 1 fully saturated rings. The number of carbonyl (C=O) groups is 2. The second kappa shape index (κ2) is 7.99. The molecule has 1 aliphatic heterocycles. The number of nitrogens with zero attached hydrogens (tertiary/aromatic N) is 1. The van der Waals surface area contributed by atoms with Gasteiger partial charge in [0, 0.05) is 19.5 Å². The molecule has 0 unspecified atom stereocenters. The molecule has 0 radical (unpaired) electrons. The Morgan fingerprint density at radius 3 is 2.83 bits per heavy atom. The quantitative estimate of drug-likeness (QED) is 0.838. The summed E-state index contributed by atoms with van der Waals surface area (Å²) in [6, 6.07) is 5.00. The van der Waals surface area contributed by atoms with Gasteiger partial charge in [-0.25, -0.2) is 4.79 Å². The van der Waals surface area contributed by atoms with Crippen molar-refractivity contribution in [3.8, 4) is 0 Å². The van der Waals surface area contributed by atoms with Crippen LogP contribution in [-0.4, -0.2) is 30.1 Å². The van der Waals surface area contributed by atoms with E-state index in [0.717, 1.165) is 38.0 Å². The molecule has 2 rings (SSSR count). The van der Waals surface area contributed by atoms with Crippen LogP contribution in [0.15, 0.2) is 18.2 Å². The molecule has 1 amide bonds. The maximum atomic E-state index is 12.1. The topological polar surface area (TPSA) is 69.6 Å². The lowest BCUT2D eigenvalue weighted by Gasteiger charge is -2.34. The third kappa shape index (κ3) is 4.71. The number of aromatic carboxylic acids is 1. The average Bonchev–Trinajstić information content (AvgIpc) is 2.52. The first-order valence-corrected chi connectivity index (χ1v) is 8.43. The summed E-state index contributed by atoms with van der Waals surface area (Å²) >= 11 is 0. The number of hydrogen-bond donors (Lipinski definition) is 2. The van der Waals surface area contributed by atoms with Crippen molar-refractivity contribution in [3.63, 3.8) is 0 Å². The molecule has 0 bridgehead atoms. The normalized spacial score (nSPS) is 17.8. The average molecular weight is 318 g/mol. The molecule has 1 aliphatic rings. The highest BCUT2D eigenvalue weighted by atomic mass is 16.4. The molecule has 126 valence electrons. The number of carboxylic acid groups (broad SMARTS) is 1. The van der Waals surface area contributed by atoms with Crippen molar-refractivity contribution in [2.24, 2.45) is 5.92 Å². The van der Waals surface area contributed by atoms with Crippen LogP contribution in [-0.2, 0) is 4.79 Å². The zero-order valence-corrected chi connectivity index (χ0v) is 14.0. The van der Waals surface area contributed by atoms with Crippen LogP contribution in [0.1, 0.15) is 56.3 Å². The molecular formula is C18H26N2O3. The Morgan fingerprint density at radius 2 is 2.17 bits per heavy atom. The van der Waals surface area contributed by atoms with Gasteiger partial charge in [-0.05, 0) is 43.4 Å². The number of piperidine rings is 1. The molecule has 5 heteroatoms. The fraction of sp³-hybridized carbons (Fsp3) is 0.556. The van der Waals surface area contributed by atoms with E-state index >= 15 is 0 Å². The summed E-state index contributed by atoms with van der Waals surface area (Å²) in [5.41, 5.74) is 1.73. The third-order valence-electron chi connectivity index (χ3n) is 4.27. The molecular weight excluding hydrogens is 292 g/mol. The van der Waals surface area contributed by atoms with Gasteiger partial charge in [0.05, 0.1) is 16.9 Å². The molecule has 1 atom stereocenters. The van der Waals surface area contributed by atoms with Crippen molar-refractivity contribution < 1.29 is 14.7 Å². The Kier molecular flexibility index (Phi) is 6.02. The van der Waals surface area contributed by atoms with Crippen LogP contribution in [0.4, 0.5) is 11.4 Å². The minimum absolute atomic E-state index is 0.0549. The van der Waals surface area contributed by atoms with Crippen molar-refractivity contribution in [1.82, 2.24) is 0 Å². The molecule has 1 saturated heterocycles. The van der Waals surface area contributed by atoms with Gasteiger partial charge in [0.2, 0.25) is 5.91 Å². The lowest BCUT2D eigenvalue weighted by atomic mass is 9.99. The van der Waals surface area contributed by atoms with Gasteiger partial charge in [-0.2, -0.15) is 0 Å². The van der Waals surface area contributed by atoms with Crippen LogP contribution in [0.2, 0.25) is 0 Å². The van der Waals surface area contributed by atoms with Crippen LogP contribution in [0.25, 0.3) is 0 Å². The highest BCUT2D eigenvalue weighted by molar-refractivity contribution is 5.97. The van der Waals surface area contributed by atoms with Gasteiger partial charge in [0.25, 0.3) is 0 Å². The standard InChI is InChI=1S/C18H26N2O3/c1-3-4-7-17(21)19-15-11-14(18(22)23)8-9-16(15)20-10-5-6-13(2)12-20/h8-9,11,13H,3-7,10,12H2,1-2H3,(H,19,21)(H,22,23)/t13-/m0/s1. The zero-order chi connectivity index (χ0) is 16.8. The van der Waals surface area contributed by atoms with E-state index in [1.807, 2.05) is 13.0 Å². The van der Waals surface area contributed by atoms with Crippen molar-refractivity contribution >= 4 is 23.3 Å². The first-order valence-electron chi connectivity index (χ1n) is 8.43. The van der Waals surface area contributed by atoms with Gasteiger partial charge in [-0.15, -0.1) is 0 Å². The predicted molar refractivity (Wildman–Crippen MR) is 92.2 cm³/mol. The molecule has 23 heavy (non-hydrogen) atoms. The van der Waals surface area contributed by atoms with Gasteiger partial charge in [-0.3, -0.25) is 4.79 Å². The molecule has 0 spiro atoms. The number of amides is 1. The Hall–Kier alpha value is -2.04. The van der Waals surface area contributed by atoms with Gasteiger partial charge < -0.3 is 15.3 Å². The smallest absolute Gasteiger partial charge is 0.335 e. The van der Waals surface area contributed by atoms with Crippen LogP contribution >= 0.6 is 0 Å². The Bertz CT molecular complexity index is 571. The van der Waals surface area contributed by atoms with Gasteiger partial charge >= 0.3 is 5.97 Å². The van der Waals surface area contributed by atoms with E-state index in [1.165, 1.54) is 6.42 Å². The van der Waals surface area contributed by atoms with E-state index in [1.54, 1.807) is 12.1 Å². The molecule has 1 aromatic rings. The highest BCUT2D eigenvalue weighted by Gasteiger charge is 2.20. The van der Waals surface area contributed by atoms with E-state index < -0.39 is 5.97 Å². The number of anilines is 2. The summed E-state index contributed by atoms with van der Waals surface area (Å²) in [6.45, 7) is 6.13. The fourth-order valence-corrected chi connectivity index (χ4v) is 3.00. The van der Waals surface area contributed by atoms with Crippen LogP contribution < -0.4 is 10.2 Å². The van der Waals surface area contributed by atoms with Gasteiger partial charge in [-0.1, -0.05) is 20.3 Å². The second-order valence-corrected chi connectivity index (χ2v) is 6.38. The lowest BCUT2D eigenvalue weighted by molar-refractivity contribution is -0.116. The summed E-state index contributed by atoms with van der Waals surface area (Å²) in [4.78, 5) is 25.5. The third-order valence-corrected chi connectivity index (χ3v) is 4.27. The van der Waals surface area contributed by atoms with E-state index in [4.69, 9.17) is 0 Å². The monoisotopic (exact) mass is 318 g/mol. The number of nitrogens with one attached hydrogen (secondary N) is 1. The second-order valence-electron chi connectivity index (χ2n) is 6.38. The number of benzene rings is 1. The molecule has 0 aromatic heterocycles. The van der Waals surface area contributed by atoms with Crippen molar-refractivity contribution in [2.45, 2.75) is 46.0 Å². The molecule has 0 saturated carbocycles. The molecule has 0 aliphatic carbocycles. The fourth-order valence-electron chi connectivity index (χ4n) is 3.00. The minimum Gasteiger partial charge on any atom is -0.478 e. The first kappa shape index (κ1) is 17.3. The van der Waals surface area contributed by atoms with Crippen LogP contribution in [0, 0.1) is 5.92 Å². The van der Waals surface area contributed by atoms with Crippen LogP contribution in [0.5, 0.6) is 0 Å². The maximum absolute atomic E-state index is 12.1. The van der Waals surface area contributed by atoms with Crippen molar-refractivity contribution in [2.75, 3.05) is 23.3 Å². The van der Waals surface area contributed by atoms with E-state index in [2.05, 4.69) is 17.1 Å². The highest BCUT2D eigenvalue weighted by Crippen LogP contribution is 2.31. The first-order chi connectivity index (χ1) is 11.0. The summed E-state index contributed by atoms with van der Waals surface area (Å²) in [5.74, 6) is -0.431. The molecule has 1 heterocycles.